The predicted molar refractivity (Wildman–Crippen MR) is 78.0 cm³/mol. The number of carbonyl (C=O) groups is 1. The van der Waals surface area contributed by atoms with Crippen LogP contribution in [-0.4, -0.2) is 11.9 Å². The van der Waals surface area contributed by atoms with E-state index in [-0.39, 0.29) is 5.91 Å². The fraction of sp³-hybridized carbons (Fsp3) is 0.500. The zero-order valence-corrected chi connectivity index (χ0v) is 12.7. The van der Waals surface area contributed by atoms with Crippen LogP contribution in [0.4, 0.5) is 0 Å². The van der Waals surface area contributed by atoms with Gasteiger partial charge in [0.15, 0.2) is 0 Å². The monoisotopic (exact) mass is 329 g/mol. The summed E-state index contributed by atoms with van der Waals surface area (Å²) in [5.74, 6) is 0.690. The summed E-state index contributed by atoms with van der Waals surface area (Å²) in [5.41, 5.74) is 0.651. The highest BCUT2D eigenvalue weighted by Crippen LogP contribution is 2.25. The molecule has 2 unspecified atom stereocenters. The Hall–Kier alpha value is -0.540. The lowest BCUT2D eigenvalue weighted by Gasteiger charge is -2.27. The number of halogens is 2. The summed E-state index contributed by atoms with van der Waals surface area (Å²) in [6.45, 7) is 2.25. The zero-order valence-electron chi connectivity index (χ0n) is 10.4. The molecule has 1 aliphatic carbocycles. The topological polar surface area (TPSA) is 29.1 Å². The molecular weight excluding hydrogens is 314 g/mol. The highest BCUT2D eigenvalue weighted by Gasteiger charge is 2.21. The molecule has 2 nitrogen and oxygen atoms in total. The van der Waals surface area contributed by atoms with E-state index in [1.54, 1.807) is 18.2 Å². The van der Waals surface area contributed by atoms with Crippen LogP contribution >= 0.6 is 27.5 Å². The van der Waals surface area contributed by atoms with Gasteiger partial charge >= 0.3 is 0 Å². The van der Waals surface area contributed by atoms with Crippen molar-refractivity contribution in [2.24, 2.45) is 5.92 Å². The minimum Gasteiger partial charge on any atom is -0.349 e. The third-order valence-corrected chi connectivity index (χ3v) is 4.34. The Bertz CT molecular complexity index is 449. The lowest BCUT2D eigenvalue weighted by Crippen LogP contribution is -2.38. The number of amides is 1. The fourth-order valence-corrected chi connectivity index (χ4v) is 3.36. The van der Waals surface area contributed by atoms with Crippen molar-refractivity contribution in [3.63, 3.8) is 0 Å². The van der Waals surface area contributed by atoms with Gasteiger partial charge in [0.25, 0.3) is 5.91 Å². The van der Waals surface area contributed by atoms with E-state index in [2.05, 4.69) is 28.2 Å². The first kappa shape index (κ1) is 13.9. The molecule has 0 bridgehead atoms. The first-order valence-electron chi connectivity index (χ1n) is 6.32. The first-order valence-corrected chi connectivity index (χ1v) is 7.49. The van der Waals surface area contributed by atoms with E-state index in [1.165, 1.54) is 12.8 Å². The molecule has 1 fully saturated rings. The molecule has 1 aromatic carbocycles. The molecule has 0 saturated heterocycles. The van der Waals surface area contributed by atoms with E-state index in [4.69, 9.17) is 11.6 Å². The second-order valence-corrected chi connectivity index (χ2v) is 6.36. The Kier molecular flexibility index (Phi) is 4.68. The van der Waals surface area contributed by atoms with Gasteiger partial charge in [0.1, 0.15) is 0 Å². The fourth-order valence-electron chi connectivity index (χ4n) is 2.50. The predicted octanol–water partition coefficient (Wildman–Crippen LogP) is 4.41. The molecule has 1 N–H and O–H groups in total. The normalized spacial score (nSPS) is 23.7. The molecular formula is C14H17BrClNO. The van der Waals surface area contributed by atoms with Gasteiger partial charge < -0.3 is 5.32 Å². The van der Waals surface area contributed by atoms with E-state index < -0.39 is 0 Å². The average Bonchev–Trinajstić information content (AvgIpc) is 2.28. The Morgan fingerprint density at radius 3 is 2.89 bits per heavy atom. The Labute approximate surface area is 121 Å². The number of benzene rings is 1. The largest absolute Gasteiger partial charge is 0.349 e. The van der Waals surface area contributed by atoms with Crippen LogP contribution in [0.1, 0.15) is 43.0 Å². The Morgan fingerprint density at radius 1 is 1.44 bits per heavy atom. The van der Waals surface area contributed by atoms with Gasteiger partial charge in [-0.15, -0.1) is 0 Å². The summed E-state index contributed by atoms with van der Waals surface area (Å²) >= 11 is 9.25. The zero-order chi connectivity index (χ0) is 13.1. The van der Waals surface area contributed by atoms with Gasteiger partial charge in [-0.1, -0.05) is 31.4 Å². The minimum atomic E-state index is -0.0161. The second kappa shape index (κ2) is 6.07. The lowest BCUT2D eigenvalue weighted by molar-refractivity contribution is 0.0920. The van der Waals surface area contributed by atoms with Gasteiger partial charge in [0.2, 0.25) is 0 Å². The van der Waals surface area contributed by atoms with E-state index in [0.29, 0.717) is 22.5 Å². The maximum atomic E-state index is 12.2. The van der Waals surface area contributed by atoms with Crippen molar-refractivity contribution in [1.29, 1.82) is 0 Å². The molecule has 0 aromatic heterocycles. The molecule has 18 heavy (non-hydrogen) atoms. The number of rotatable bonds is 2. The molecule has 1 aliphatic rings. The minimum absolute atomic E-state index is 0.0161. The van der Waals surface area contributed by atoms with Crippen molar-refractivity contribution in [3.05, 3.63) is 33.3 Å². The molecule has 0 aliphatic heterocycles. The molecule has 1 aromatic rings. The molecule has 4 heteroatoms. The van der Waals surface area contributed by atoms with Crippen LogP contribution < -0.4 is 5.32 Å². The third-order valence-electron chi connectivity index (χ3n) is 3.45. The highest BCUT2D eigenvalue weighted by atomic mass is 79.9. The van der Waals surface area contributed by atoms with Gasteiger partial charge in [0, 0.05) is 15.5 Å². The second-order valence-electron chi connectivity index (χ2n) is 5.07. The Balaban J connectivity index is 2.03. The molecule has 0 heterocycles. The molecule has 2 rings (SSSR count). The molecule has 98 valence electrons. The molecule has 1 amide bonds. The maximum absolute atomic E-state index is 12.2. The van der Waals surface area contributed by atoms with Gasteiger partial charge in [0.05, 0.1) is 5.56 Å². The summed E-state index contributed by atoms with van der Waals surface area (Å²) in [4.78, 5) is 12.2. The van der Waals surface area contributed by atoms with Crippen LogP contribution in [-0.2, 0) is 0 Å². The van der Waals surface area contributed by atoms with Gasteiger partial charge in [-0.2, -0.15) is 0 Å². The van der Waals surface area contributed by atoms with Crippen LogP contribution in [0.5, 0.6) is 0 Å². The molecule has 0 radical (unpaired) electrons. The number of nitrogens with one attached hydrogen (secondary N) is 1. The van der Waals surface area contributed by atoms with Crippen LogP contribution in [0.3, 0.4) is 0 Å². The summed E-state index contributed by atoms with van der Waals surface area (Å²) in [7, 11) is 0. The highest BCUT2D eigenvalue weighted by molar-refractivity contribution is 9.10. The van der Waals surface area contributed by atoms with Crippen LogP contribution in [0, 0.1) is 5.92 Å². The molecule has 2 atom stereocenters. The summed E-state index contributed by atoms with van der Waals surface area (Å²) in [6.07, 6.45) is 4.64. The smallest absolute Gasteiger partial charge is 0.252 e. The molecule has 0 spiro atoms. The van der Waals surface area contributed by atoms with Crippen molar-refractivity contribution in [1.82, 2.24) is 5.32 Å². The number of hydrogen-bond acceptors (Lipinski definition) is 1. The van der Waals surface area contributed by atoms with Crippen LogP contribution in [0.2, 0.25) is 5.02 Å². The number of hydrogen-bond donors (Lipinski definition) is 1. The van der Waals surface area contributed by atoms with Gasteiger partial charge in [-0.25, -0.2) is 0 Å². The third kappa shape index (κ3) is 3.48. The van der Waals surface area contributed by atoms with Crippen LogP contribution in [0.25, 0.3) is 0 Å². The van der Waals surface area contributed by atoms with Gasteiger partial charge in [-0.05, 0) is 52.9 Å². The maximum Gasteiger partial charge on any atom is 0.252 e. The number of carbonyl (C=O) groups excluding carboxylic acids is 1. The van der Waals surface area contributed by atoms with E-state index in [9.17, 15) is 4.79 Å². The van der Waals surface area contributed by atoms with Crippen molar-refractivity contribution in [3.8, 4) is 0 Å². The first-order chi connectivity index (χ1) is 8.56. The quantitative estimate of drug-likeness (QED) is 0.855. The SMILES string of the molecule is CC1CCCC(NC(=O)c2ccc(Cl)cc2Br)C1. The van der Waals surface area contributed by atoms with E-state index >= 15 is 0 Å². The van der Waals surface area contributed by atoms with Crippen molar-refractivity contribution < 1.29 is 4.79 Å². The van der Waals surface area contributed by atoms with Crippen molar-refractivity contribution in [2.45, 2.75) is 38.6 Å². The van der Waals surface area contributed by atoms with Crippen molar-refractivity contribution in [2.75, 3.05) is 0 Å². The standard InChI is InChI=1S/C14H17BrClNO/c1-9-3-2-4-11(7-9)17-14(18)12-6-5-10(16)8-13(12)15/h5-6,8-9,11H,2-4,7H2,1H3,(H,17,18). The van der Waals surface area contributed by atoms with Gasteiger partial charge in [-0.3, -0.25) is 4.79 Å². The summed E-state index contributed by atoms with van der Waals surface area (Å²) < 4.78 is 0.747. The molecule has 1 saturated carbocycles. The van der Waals surface area contributed by atoms with E-state index in [0.717, 1.165) is 17.3 Å². The summed E-state index contributed by atoms with van der Waals surface area (Å²) in [6, 6.07) is 5.56. The van der Waals surface area contributed by atoms with Crippen molar-refractivity contribution >= 4 is 33.4 Å². The van der Waals surface area contributed by atoms with E-state index in [1.807, 2.05) is 0 Å². The summed E-state index contributed by atoms with van der Waals surface area (Å²) in [5, 5.41) is 3.74. The van der Waals surface area contributed by atoms with Crippen LogP contribution in [0.15, 0.2) is 22.7 Å². The Morgan fingerprint density at radius 2 is 2.22 bits per heavy atom. The average molecular weight is 331 g/mol. The lowest BCUT2D eigenvalue weighted by atomic mass is 9.87.